The van der Waals surface area contributed by atoms with E-state index in [0.717, 1.165) is 0 Å². The minimum Gasteiger partial charge on any atom is -0.482 e. The molecule has 0 radical (unpaired) electrons. The minimum absolute atomic E-state index is 0.0826. The Balaban J connectivity index is 1.53. The lowest BCUT2D eigenvalue weighted by atomic mass is 10.1. The van der Waals surface area contributed by atoms with Crippen LogP contribution in [0.2, 0.25) is 15.1 Å². The summed E-state index contributed by atoms with van der Waals surface area (Å²) >= 11 is 17.6. The molecule has 3 rings (SSSR count). The molecule has 1 amide bonds. The van der Waals surface area contributed by atoms with Gasteiger partial charge in [-0.2, -0.15) is 0 Å². The summed E-state index contributed by atoms with van der Waals surface area (Å²) < 4.78 is 15.4. The number of hydrogen-bond donors (Lipinski definition) is 1. The van der Waals surface area contributed by atoms with E-state index in [2.05, 4.69) is 5.32 Å². The molecule has 0 fully saturated rings. The second kappa shape index (κ2) is 8.68. The molecule has 0 aromatic heterocycles. The maximum absolute atomic E-state index is 12.2. The first kappa shape index (κ1) is 20.3. The van der Waals surface area contributed by atoms with Gasteiger partial charge in [0.15, 0.2) is 25.6 Å². The first-order chi connectivity index (χ1) is 13.3. The molecular formula is C18H12Cl3NO6. The molecule has 0 unspecified atom stereocenters. The Hall–Kier alpha value is -2.48. The van der Waals surface area contributed by atoms with Gasteiger partial charge >= 0.3 is 5.97 Å². The van der Waals surface area contributed by atoms with Crippen LogP contribution in [-0.2, 0) is 14.3 Å². The molecule has 10 heteroatoms. The van der Waals surface area contributed by atoms with Crippen molar-refractivity contribution in [3.05, 3.63) is 51.0 Å². The summed E-state index contributed by atoms with van der Waals surface area (Å²) in [5.41, 5.74) is 0.636. The Morgan fingerprint density at radius 1 is 1.04 bits per heavy atom. The number of anilines is 1. The molecule has 7 nitrogen and oxygen atoms in total. The zero-order valence-electron chi connectivity index (χ0n) is 14.1. The number of carbonyl (C=O) groups excluding carboxylic acids is 3. The van der Waals surface area contributed by atoms with Crippen molar-refractivity contribution in [3.63, 3.8) is 0 Å². The maximum atomic E-state index is 12.2. The van der Waals surface area contributed by atoms with Crippen molar-refractivity contribution in [1.29, 1.82) is 0 Å². The number of ketones is 1. The number of hydrogen-bond acceptors (Lipinski definition) is 6. The average molecular weight is 445 g/mol. The lowest BCUT2D eigenvalue weighted by Crippen LogP contribution is -2.25. The number of esters is 1. The summed E-state index contributed by atoms with van der Waals surface area (Å²) in [6, 6.07) is 7.27. The molecular weight excluding hydrogens is 433 g/mol. The summed E-state index contributed by atoms with van der Waals surface area (Å²) in [6.07, 6.45) is 0. The van der Waals surface area contributed by atoms with Crippen LogP contribution in [0.1, 0.15) is 10.4 Å². The third kappa shape index (κ3) is 4.86. The second-order valence-electron chi connectivity index (χ2n) is 5.62. The third-order valence-electron chi connectivity index (χ3n) is 3.62. The van der Waals surface area contributed by atoms with Crippen LogP contribution in [0.25, 0.3) is 0 Å². The molecule has 1 aliphatic rings. The normalized spacial score (nSPS) is 12.5. The van der Waals surface area contributed by atoms with Gasteiger partial charge in [-0.1, -0.05) is 34.8 Å². The van der Waals surface area contributed by atoms with Gasteiger partial charge in [-0.15, -0.1) is 0 Å². The standard InChI is InChI=1S/C18H12Cl3NO6/c19-10-4-12(21)16(5-11(10)20)27-8-18(25)28-6-14(23)9-1-2-15-13(3-9)22-17(24)7-26-15/h1-5H,6-8H2,(H,22,24). The van der Waals surface area contributed by atoms with Crippen molar-refractivity contribution in [2.24, 2.45) is 0 Å². The topological polar surface area (TPSA) is 90.9 Å². The van der Waals surface area contributed by atoms with Crippen LogP contribution >= 0.6 is 34.8 Å². The molecule has 2 aromatic carbocycles. The summed E-state index contributed by atoms with van der Waals surface area (Å²) in [7, 11) is 0. The van der Waals surface area contributed by atoms with Crippen molar-refractivity contribution in [2.75, 3.05) is 25.1 Å². The lowest BCUT2D eigenvalue weighted by Gasteiger charge is -2.18. The fourth-order valence-corrected chi connectivity index (χ4v) is 2.87. The quantitative estimate of drug-likeness (QED) is 0.414. The van der Waals surface area contributed by atoms with Crippen molar-refractivity contribution in [2.45, 2.75) is 0 Å². The van der Waals surface area contributed by atoms with Crippen molar-refractivity contribution in [1.82, 2.24) is 0 Å². The minimum atomic E-state index is -0.773. The van der Waals surface area contributed by atoms with E-state index in [4.69, 9.17) is 49.0 Å². The lowest BCUT2D eigenvalue weighted by molar-refractivity contribution is -0.144. The van der Waals surface area contributed by atoms with Crippen LogP contribution in [0.15, 0.2) is 30.3 Å². The van der Waals surface area contributed by atoms with E-state index in [0.29, 0.717) is 11.4 Å². The molecule has 0 atom stereocenters. The third-order valence-corrected chi connectivity index (χ3v) is 4.64. The summed E-state index contributed by atoms with van der Waals surface area (Å²) in [6.45, 7) is -1.05. The Labute approximate surface area is 174 Å². The Morgan fingerprint density at radius 2 is 1.79 bits per heavy atom. The van der Waals surface area contributed by atoms with Gasteiger partial charge in [0.25, 0.3) is 5.91 Å². The number of ether oxygens (including phenoxy) is 3. The Kier molecular flexibility index (Phi) is 6.28. The van der Waals surface area contributed by atoms with E-state index >= 15 is 0 Å². The molecule has 1 heterocycles. The number of halogens is 3. The van der Waals surface area contributed by atoms with Crippen molar-refractivity contribution in [3.8, 4) is 11.5 Å². The molecule has 28 heavy (non-hydrogen) atoms. The van der Waals surface area contributed by atoms with Crippen LogP contribution in [0.3, 0.4) is 0 Å². The second-order valence-corrected chi connectivity index (χ2v) is 6.84. The maximum Gasteiger partial charge on any atom is 0.344 e. The first-order valence-corrected chi connectivity index (χ1v) is 9.00. The smallest absolute Gasteiger partial charge is 0.344 e. The van der Waals surface area contributed by atoms with E-state index in [-0.39, 0.29) is 38.9 Å². The highest BCUT2D eigenvalue weighted by Crippen LogP contribution is 2.33. The van der Waals surface area contributed by atoms with Gasteiger partial charge < -0.3 is 19.5 Å². The van der Waals surface area contributed by atoms with Gasteiger partial charge in [0.2, 0.25) is 0 Å². The molecule has 2 aromatic rings. The number of amides is 1. The Morgan fingerprint density at radius 3 is 2.57 bits per heavy atom. The highest BCUT2D eigenvalue weighted by molar-refractivity contribution is 6.43. The number of fused-ring (bicyclic) bond motifs is 1. The van der Waals surface area contributed by atoms with Gasteiger partial charge in [0.1, 0.15) is 11.5 Å². The van der Waals surface area contributed by atoms with E-state index in [1.54, 1.807) is 6.07 Å². The van der Waals surface area contributed by atoms with E-state index < -0.39 is 25.0 Å². The number of carbonyl (C=O) groups is 3. The first-order valence-electron chi connectivity index (χ1n) is 7.86. The molecule has 146 valence electrons. The highest BCUT2D eigenvalue weighted by atomic mass is 35.5. The van der Waals surface area contributed by atoms with E-state index in [1.807, 2.05) is 0 Å². The summed E-state index contributed by atoms with van der Waals surface area (Å²) in [5.74, 6) is -0.930. The largest absolute Gasteiger partial charge is 0.482 e. The van der Waals surface area contributed by atoms with Crippen LogP contribution in [-0.4, -0.2) is 37.5 Å². The van der Waals surface area contributed by atoms with Gasteiger partial charge in [-0.3, -0.25) is 9.59 Å². The van der Waals surface area contributed by atoms with Gasteiger partial charge in [0.05, 0.1) is 20.8 Å². The number of benzene rings is 2. The fraction of sp³-hybridized carbons (Fsp3) is 0.167. The molecule has 0 bridgehead atoms. The van der Waals surface area contributed by atoms with Crippen molar-refractivity contribution >= 4 is 58.1 Å². The van der Waals surface area contributed by atoms with E-state index in [9.17, 15) is 14.4 Å². The molecule has 0 spiro atoms. The summed E-state index contributed by atoms with van der Waals surface area (Å²) in [4.78, 5) is 35.4. The fourth-order valence-electron chi connectivity index (χ4n) is 2.28. The molecule has 0 aliphatic carbocycles. The van der Waals surface area contributed by atoms with Crippen LogP contribution in [0.5, 0.6) is 11.5 Å². The molecule has 0 saturated carbocycles. The van der Waals surface area contributed by atoms with E-state index in [1.165, 1.54) is 24.3 Å². The molecule has 1 aliphatic heterocycles. The predicted octanol–water partition coefficient (Wildman–Crippen LogP) is 3.78. The number of rotatable bonds is 6. The van der Waals surface area contributed by atoms with Gasteiger partial charge in [-0.05, 0) is 24.3 Å². The number of Topliss-reactive ketones (excluding diaryl/α,β-unsaturated/α-hetero) is 1. The SMILES string of the molecule is O=C1COc2ccc(C(=O)COC(=O)COc3cc(Cl)c(Cl)cc3Cl)cc2N1. The Bertz CT molecular complexity index is 963. The van der Waals surface area contributed by atoms with Crippen LogP contribution in [0.4, 0.5) is 5.69 Å². The predicted molar refractivity (Wildman–Crippen MR) is 103 cm³/mol. The monoisotopic (exact) mass is 443 g/mol. The highest BCUT2D eigenvalue weighted by Gasteiger charge is 2.19. The van der Waals surface area contributed by atoms with Crippen LogP contribution < -0.4 is 14.8 Å². The zero-order chi connectivity index (χ0) is 20.3. The van der Waals surface area contributed by atoms with Gasteiger partial charge in [0, 0.05) is 11.6 Å². The van der Waals surface area contributed by atoms with Crippen molar-refractivity contribution < 1.29 is 28.6 Å². The number of nitrogens with one attached hydrogen (secondary N) is 1. The zero-order valence-corrected chi connectivity index (χ0v) is 16.4. The molecule has 1 N–H and O–H groups in total. The van der Waals surface area contributed by atoms with Crippen LogP contribution in [0, 0.1) is 0 Å². The van der Waals surface area contributed by atoms with Gasteiger partial charge in [-0.25, -0.2) is 4.79 Å². The summed E-state index contributed by atoms with van der Waals surface area (Å²) in [5, 5.41) is 3.24. The average Bonchev–Trinajstić information content (AvgIpc) is 2.67. The molecule has 0 saturated heterocycles.